The van der Waals surface area contributed by atoms with Crippen molar-refractivity contribution in [3.63, 3.8) is 0 Å². The summed E-state index contributed by atoms with van der Waals surface area (Å²) in [6.07, 6.45) is -0.824. The van der Waals surface area contributed by atoms with E-state index < -0.39 is 6.10 Å². The fraction of sp³-hybridized carbons (Fsp3) is 0.250. The molecule has 0 radical (unpaired) electrons. The maximum atomic E-state index is 13.0. The first-order valence-electron chi connectivity index (χ1n) is 13.5. The van der Waals surface area contributed by atoms with Gasteiger partial charge in [-0.3, -0.25) is 9.59 Å². The van der Waals surface area contributed by atoms with Crippen molar-refractivity contribution in [1.29, 1.82) is 0 Å². The van der Waals surface area contributed by atoms with Gasteiger partial charge in [0, 0.05) is 44.0 Å². The standard InChI is InChI=1S/C32H34N4O4/c1-22-8-6-7-11-27(22)35-16-18-36(19-17-35)28-14-13-25(20-26(28)34-32(39)30-15-12-23(2)40-30)31(38)33-21-29(37)24-9-4-3-5-10-24/h3-15,20,29,37H,16-19,21H2,1-2H3,(H,33,38)(H,34,39)/t29-/m0/s1. The van der Waals surface area contributed by atoms with Crippen LogP contribution in [-0.2, 0) is 0 Å². The van der Waals surface area contributed by atoms with Gasteiger partial charge in [-0.25, -0.2) is 0 Å². The molecular formula is C32H34N4O4. The van der Waals surface area contributed by atoms with E-state index in [1.165, 1.54) is 11.3 Å². The van der Waals surface area contributed by atoms with Gasteiger partial charge in [0.25, 0.3) is 11.8 Å². The van der Waals surface area contributed by atoms with Crippen molar-refractivity contribution < 1.29 is 19.1 Å². The second-order valence-electron chi connectivity index (χ2n) is 9.99. The summed E-state index contributed by atoms with van der Waals surface area (Å²) in [5, 5.41) is 16.2. The topological polar surface area (TPSA) is 98.0 Å². The average molecular weight is 539 g/mol. The van der Waals surface area contributed by atoms with E-state index in [0.717, 1.165) is 37.4 Å². The molecule has 1 atom stereocenters. The van der Waals surface area contributed by atoms with Crippen molar-refractivity contribution >= 4 is 28.9 Å². The summed E-state index contributed by atoms with van der Waals surface area (Å²) in [6, 6.07) is 26.2. The third-order valence-electron chi connectivity index (χ3n) is 7.19. The number of piperazine rings is 1. The third-order valence-corrected chi connectivity index (χ3v) is 7.19. The van der Waals surface area contributed by atoms with Crippen LogP contribution in [0.5, 0.6) is 0 Å². The molecule has 0 aliphatic carbocycles. The Kier molecular flexibility index (Phi) is 8.17. The van der Waals surface area contributed by atoms with E-state index in [1.54, 1.807) is 31.2 Å². The van der Waals surface area contributed by atoms with Gasteiger partial charge in [-0.15, -0.1) is 0 Å². The summed E-state index contributed by atoms with van der Waals surface area (Å²) in [6.45, 7) is 7.14. The lowest BCUT2D eigenvalue weighted by molar-refractivity contribution is 0.0915. The number of hydrogen-bond acceptors (Lipinski definition) is 6. The number of aliphatic hydroxyl groups excluding tert-OH is 1. The molecule has 2 amide bonds. The molecule has 1 aliphatic heterocycles. The predicted octanol–water partition coefficient (Wildman–Crippen LogP) is 4.94. The number of aryl methyl sites for hydroxylation is 2. The number of aliphatic hydroxyl groups is 1. The molecule has 3 N–H and O–H groups in total. The fourth-order valence-electron chi connectivity index (χ4n) is 4.98. The molecule has 1 aliphatic rings. The van der Waals surface area contributed by atoms with Crippen molar-refractivity contribution in [1.82, 2.24) is 5.32 Å². The predicted molar refractivity (Wildman–Crippen MR) is 157 cm³/mol. The van der Waals surface area contributed by atoms with Crippen molar-refractivity contribution in [2.45, 2.75) is 20.0 Å². The van der Waals surface area contributed by atoms with E-state index in [-0.39, 0.29) is 24.1 Å². The molecule has 8 heteroatoms. The van der Waals surface area contributed by atoms with Crippen LogP contribution in [0.25, 0.3) is 0 Å². The Hall–Kier alpha value is -4.56. The minimum Gasteiger partial charge on any atom is -0.456 e. The maximum absolute atomic E-state index is 13.0. The van der Waals surface area contributed by atoms with Gasteiger partial charge < -0.3 is 30.0 Å². The smallest absolute Gasteiger partial charge is 0.291 e. The van der Waals surface area contributed by atoms with Crippen LogP contribution in [-0.4, -0.2) is 49.6 Å². The highest BCUT2D eigenvalue weighted by atomic mass is 16.3. The molecule has 8 nitrogen and oxygen atoms in total. The van der Waals surface area contributed by atoms with Crippen molar-refractivity contribution in [3.05, 3.63) is 113 Å². The van der Waals surface area contributed by atoms with Gasteiger partial charge in [0.1, 0.15) is 5.76 Å². The van der Waals surface area contributed by atoms with Gasteiger partial charge in [0.2, 0.25) is 0 Å². The zero-order valence-electron chi connectivity index (χ0n) is 22.8. The molecule has 0 saturated carbocycles. The number of hydrogen-bond donors (Lipinski definition) is 3. The summed E-state index contributed by atoms with van der Waals surface area (Å²) in [7, 11) is 0. The van der Waals surface area contributed by atoms with Gasteiger partial charge in [-0.2, -0.15) is 0 Å². The number of nitrogens with one attached hydrogen (secondary N) is 2. The number of nitrogens with zero attached hydrogens (tertiary/aromatic N) is 2. The van der Waals surface area contributed by atoms with Crippen LogP contribution in [0.3, 0.4) is 0 Å². The highest BCUT2D eigenvalue weighted by molar-refractivity contribution is 6.05. The van der Waals surface area contributed by atoms with Crippen LogP contribution in [0.15, 0.2) is 89.3 Å². The Balaban J connectivity index is 1.34. The molecule has 1 saturated heterocycles. The molecule has 1 fully saturated rings. The summed E-state index contributed by atoms with van der Waals surface area (Å²) in [5.74, 6) is 0.122. The molecule has 0 unspecified atom stereocenters. The van der Waals surface area contributed by atoms with Crippen LogP contribution < -0.4 is 20.4 Å². The molecule has 1 aromatic heterocycles. The normalized spacial score (nSPS) is 14.1. The Morgan fingerprint density at radius 3 is 2.17 bits per heavy atom. The van der Waals surface area contributed by atoms with E-state index in [4.69, 9.17) is 4.42 Å². The lowest BCUT2D eigenvalue weighted by Gasteiger charge is -2.38. The largest absolute Gasteiger partial charge is 0.456 e. The average Bonchev–Trinajstić information content (AvgIpc) is 3.43. The summed E-state index contributed by atoms with van der Waals surface area (Å²) in [5.41, 5.74) is 4.94. The Morgan fingerprint density at radius 2 is 1.50 bits per heavy atom. The minimum absolute atomic E-state index is 0.0683. The Bertz CT molecular complexity index is 1480. The molecule has 206 valence electrons. The lowest BCUT2D eigenvalue weighted by atomic mass is 10.1. The molecule has 0 bridgehead atoms. The van der Waals surface area contributed by atoms with E-state index in [1.807, 2.05) is 42.5 Å². The quantitative estimate of drug-likeness (QED) is 0.294. The summed E-state index contributed by atoms with van der Waals surface area (Å²) in [4.78, 5) is 30.7. The molecule has 40 heavy (non-hydrogen) atoms. The third kappa shape index (κ3) is 6.18. The molecule has 4 aromatic rings. The number of furan rings is 1. The number of para-hydroxylation sites is 1. The van der Waals surface area contributed by atoms with Crippen LogP contribution in [0.1, 0.15) is 43.9 Å². The first-order valence-corrected chi connectivity index (χ1v) is 13.5. The van der Waals surface area contributed by atoms with Gasteiger partial charge in [-0.05, 0) is 61.4 Å². The minimum atomic E-state index is -0.824. The first-order chi connectivity index (χ1) is 19.4. The SMILES string of the molecule is Cc1ccc(C(=O)Nc2cc(C(=O)NC[C@H](O)c3ccccc3)ccc2N2CCN(c3ccccc3C)CC2)o1. The highest BCUT2D eigenvalue weighted by Crippen LogP contribution is 2.30. The lowest BCUT2D eigenvalue weighted by Crippen LogP contribution is -2.47. The zero-order chi connectivity index (χ0) is 28.1. The summed E-state index contributed by atoms with van der Waals surface area (Å²) >= 11 is 0. The van der Waals surface area contributed by atoms with Gasteiger partial charge >= 0.3 is 0 Å². The second-order valence-corrected chi connectivity index (χ2v) is 9.99. The molecule has 3 aromatic carbocycles. The Morgan fingerprint density at radius 1 is 0.825 bits per heavy atom. The van der Waals surface area contributed by atoms with Crippen LogP contribution in [0.4, 0.5) is 17.1 Å². The van der Waals surface area contributed by atoms with Crippen LogP contribution in [0.2, 0.25) is 0 Å². The van der Waals surface area contributed by atoms with Crippen molar-refractivity contribution in [3.8, 4) is 0 Å². The number of benzene rings is 3. The summed E-state index contributed by atoms with van der Waals surface area (Å²) < 4.78 is 5.52. The van der Waals surface area contributed by atoms with Gasteiger partial charge in [-0.1, -0.05) is 48.5 Å². The molecule has 5 rings (SSSR count). The van der Waals surface area contributed by atoms with Crippen LogP contribution >= 0.6 is 0 Å². The fourth-order valence-corrected chi connectivity index (χ4v) is 4.98. The Labute approximate surface area is 234 Å². The number of amides is 2. The van der Waals surface area contributed by atoms with Crippen molar-refractivity contribution in [2.24, 2.45) is 0 Å². The van der Waals surface area contributed by atoms with Crippen molar-refractivity contribution in [2.75, 3.05) is 47.8 Å². The van der Waals surface area contributed by atoms with Gasteiger partial charge in [0.05, 0.1) is 17.5 Å². The number of carbonyl (C=O) groups excluding carboxylic acids is 2. The number of rotatable bonds is 8. The monoisotopic (exact) mass is 538 g/mol. The van der Waals surface area contributed by atoms with E-state index in [0.29, 0.717) is 17.0 Å². The maximum Gasteiger partial charge on any atom is 0.291 e. The van der Waals surface area contributed by atoms with Gasteiger partial charge in [0.15, 0.2) is 5.76 Å². The molecule has 0 spiro atoms. The second kappa shape index (κ2) is 12.1. The van der Waals surface area contributed by atoms with E-state index in [9.17, 15) is 14.7 Å². The number of anilines is 3. The highest BCUT2D eigenvalue weighted by Gasteiger charge is 2.23. The molecule has 2 heterocycles. The van der Waals surface area contributed by atoms with E-state index in [2.05, 4.69) is 45.6 Å². The van der Waals surface area contributed by atoms with E-state index >= 15 is 0 Å². The number of carbonyl (C=O) groups is 2. The zero-order valence-corrected chi connectivity index (χ0v) is 22.8. The first kappa shape index (κ1) is 27.0. The van der Waals surface area contributed by atoms with Crippen LogP contribution in [0, 0.1) is 13.8 Å². The molecular weight excluding hydrogens is 504 g/mol.